The molecule has 0 aliphatic carbocycles. The molecule has 0 heterocycles. The van der Waals surface area contributed by atoms with E-state index in [0.29, 0.717) is 0 Å². The fourth-order valence-corrected chi connectivity index (χ4v) is 0.957. The number of rotatable bonds is 3. The molecular weight excluding hydrogens is 287 g/mol. The Morgan fingerprint density at radius 3 is 1.41 bits per heavy atom. The van der Waals surface area contributed by atoms with E-state index < -0.39 is 33.6 Å². The summed E-state index contributed by atoms with van der Waals surface area (Å²) in [5.41, 5.74) is 0. The van der Waals surface area contributed by atoms with E-state index in [1.54, 1.807) is 0 Å². The largest absolute Gasteiger partial charge is 1.00 e. The third-order valence-electron chi connectivity index (χ3n) is 1.31. The maximum absolute atomic E-state index is 12.2. The molecular formula is C4HF8LiO3S. The average Bonchev–Trinajstić information content (AvgIpc) is 1.98. The van der Waals surface area contributed by atoms with Gasteiger partial charge in [0, 0.05) is 0 Å². The second kappa shape index (κ2) is 4.91. The zero-order chi connectivity index (χ0) is 13.6. The zero-order valence-corrected chi connectivity index (χ0v) is 8.55. The molecule has 1 unspecified atom stereocenters. The zero-order valence-electron chi connectivity index (χ0n) is 7.73. The molecule has 13 heteroatoms. The summed E-state index contributed by atoms with van der Waals surface area (Å²) in [7, 11) is -7.14. The predicted octanol–water partition coefficient (Wildman–Crippen LogP) is -1.34. The van der Waals surface area contributed by atoms with E-state index in [0.717, 1.165) is 0 Å². The van der Waals surface area contributed by atoms with Gasteiger partial charge >= 0.3 is 36.2 Å². The molecule has 0 aromatic rings. The Hall–Kier alpha value is -0.0526. The Labute approximate surface area is 101 Å². The van der Waals surface area contributed by atoms with E-state index in [4.69, 9.17) is 0 Å². The maximum atomic E-state index is 12.2. The van der Waals surface area contributed by atoms with Crippen molar-refractivity contribution in [2.24, 2.45) is 0 Å². The summed E-state index contributed by atoms with van der Waals surface area (Å²) in [6, 6.07) is 0. The second-order valence-electron chi connectivity index (χ2n) is 2.50. The van der Waals surface area contributed by atoms with Crippen LogP contribution in [-0.2, 0) is 10.1 Å². The van der Waals surface area contributed by atoms with Crippen LogP contribution >= 0.6 is 0 Å². The topological polar surface area (TPSA) is 57.2 Å². The van der Waals surface area contributed by atoms with Crippen molar-refractivity contribution in [1.29, 1.82) is 0 Å². The quantitative estimate of drug-likeness (QED) is 0.367. The average molecular weight is 288 g/mol. The van der Waals surface area contributed by atoms with Crippen molar-refractivity contribution in [1.82, 2.24) is 0 Å². The van der Waals surface area contributed by atoms with Crippen molar-refractivity contribution in [2.75, 3.05) is 0 Å². The molecule has 0 aromatic heterocycles. The number of hydrogen-bond acceptors (Lipinski definition) is 3. The first-order chi connectivity index (χ1) is 6.65. The smallest absolute Gasteiger partial charge is 0.743 e. The first-order valence-corrected chi connectivity index (χ1v) is 4.48. The molecule has 0 N–H and O–H groups in total. The molecule has 0 radical (unpaired) electrons. The van der Waals surface area contributed by atoms with Crippen LogP contribution < -0.4 is 18.9 Å². The molecule has 98 valence electrons. The van der Waals surface area contributed by atoms with Gasteiger partial charge in [-0.05, 0) is 0 Å². The van der Waals surface area contributed by atoms with Gasteiger partial charge in [0.1, 0.15) is 0 Å². The minimum Gasteiger partial charge on any atom is -0.743 e. The Kier molecular flexibility index (Phi) is 5.57. The van der Waals surface area contributed by atoms with Crippen molar-refractivity contribution >= 4 is 10.1 Å². The van der Waals surface area contributed by atoms with Crippen LogP contribution in [0.3, 0.4) is 0 Å². The molecule has 0 fully saturated rings. The van der Waals surface area contributed by atoms with Gasteiger partial charge in [-0.2, -0.15) is 30.7 Å². The fraction of sp³-hybridized carbons (Fsp3) is 1.00. The van der Waals surface area contributed by atoms with Crippen LogP contribution in [0.15, 0.2) is 0 Å². The van der Waals surface area contributed by atoms with Crippen molar-refractivity contribution in [3.8, 4) is 0 Å². The summed E-state index contributed by atoms with van der Waals surface area (Å²) in [6.07, 6.45) is -11.9. The van der Waals surface area contributed by atoms with E-state index in [-0.39, 0.29) is 18.9 Å². The maximum Gasteiger partial charge on any atom is 1.00 e. The van der Waals surface area contributed by atoms with E-state index >= 15 is 0 Å². The molecule has 0 rings (SSSR count). The summed E-state index contributed by atoms with van der Waals surface area (Å²) >= 11 is 0. The molecule has 0 spiro atoms. The number of halogens is 8. The van der Waals surface area contributed by atoms with Crippen molar-refractivity contribution in [3.63, 3.8) is 0 Å². The fourth-order valence-electron chi connectivity index (χ4n) is 0.520. The van der Waals surface area contributed by atoms with Crippen molar-refractivity contribution < 1.29 is 67.0 Å². The van der Waals surface area contributed by atoms with Gasteiger partial charge in [0.25, 0.3) is 6.17 Å². The number of hydrogen-bond donors (Lipinski definition) is 0. The first-order valence-electron chi connectivity index (χ1n) is 3.07. The van der Waals surface area contributed by atoms with Crippen LogP contribution in [0, 0.1) is 0 Å². The molecule has 1 atom stereocenters. The summed E-state index contributed by atoms with van der Waals surface area (Å²) < 4.78 is 123. The van der Waals surface area contributed by atoms with E-state index in [1.165, 1.54) is 0 Å². The molecule has 0 aliphatic heterocycles. The molecule has 0 bridgehead atoms. The molecule has 0 aliphatic rings. The molecule has 0 saturated heterocycles. The van der Waals surface area contributed by atoms with Gasteiger partial charge in [0.05, 0.1) is 0 Å². The van der Waals surface area contributed by atoms with Gasteiger partial charge in [0.2, 0.25) is 0 Å². The summed E-state index contributed by atoms with van der Waals surface area (Å²) in [5.74, 6) is -6.70. The Morgan fingerprint density at radius 1 is 0.941 bits per heavy atom. The summed E-state index contributed by atoms with van der Waals surface area (Å²) in [4.78, 5) is 0. The standard InChI is InChI=1S/C4H2F8O3S.Li/c5-1(3(8,9)10)2(6,7)4(11,12)16(13,14)15;/h1H,(H,13,14,15);/q;+1/p-1. The van der Waals surface area contributed by atoms with Crippen LogP contribution in [0.1, 0.15) is 0 Å². The molecule has 0 saturated carbocycles. The predicted molar refractivity (Wildman–Crippen MR) is 30.5 cm³/mol. The van der Waals surface area contributed by atoms with Gasteiger partial charge < -0.3 is 4.55 Å². The van der Waals surface area contributed by atoms with Gasteiger partial charge in [-0.15, -0.1) is 0 Å². The normalized spacial score (nSPS) is 16.3. The molecule has 3 nitrogen and oxygen atoms in total. The Bertz CT molecular complexity index is 361. The van der Waals surface area contributed by atoms with E-state index in [9.17, 15) is 48.1 Å². The van der Waals surface area contributed by atoms with E-state index in [2.05, 4.69) is 0 Å². The molecule has 17 heavy (non-hydrogen) atoms. The van der Waals surface area contributed by atoms with Gasteiger partial charge in [-0.25, -0.2) is 12.8 Å². The van der Waals surface area contributed by atoms with Crippen LogP contribution in [-0.4, -0.2) is 36.5 Å². The van der Waals surface area contributed by atoms with Crippen molar-refractivity contribution in [2.45, 2.75) is 23.5 Å². The van der Waals surface area contributed by atoms with E-state index in [1.807, 2.05) is 0 Å². The van der Waals surface area contributed by atoms with Crippen LogP contribution in [0.5, 0.6) is 0 Å². The number of alkyl halides is 8. The minimum absolute atomic E-state index is 0. The van der Waals surface area contributed by atoms with Gasteiger partial charge in [-0.3, -0.25) is 0 Å². The van der Waals surface area contributed by atoms with Crippen LogP contribution in [0.25, 0.3) is 0 Å². The van der Waals surface area contributed by atoms with Crippen LogP contribution in [0.4, 0.5) is 35.1 Å². The summed E-state index contributed by atoms with van der Waals surface area (Å²) in [6.45, 7) is 0. The minimum atomic E-state index is -7.14. The second-order valence-corrected chi connectivity index (χ2v) is 3.92. The molecule has 0 aromatic carbocycles. The summed E-state index contributed by atoms with van der Waals surface area (Å²) in [5, 5.41) is -6.70. The van der Waals surface area contributed by atoms with Gasteiger partial charge in [-0.1, -0.05) is 0 Å². The first kappa shape index (κ1) is 19.3. The molecule has 0 amide bonds. The van der Waals surface area contributed by atoms with Gasteiger partial charge in [0.15, 0.2) is 10.1 Å². The monoisotopic (exact) mass is 288 g/mol. The Balaban J connectivity index is 0. The third kappa shape index (κ3) is 3.46. The van der Waals surface area contributed by atoms with Crippen LogP contribution in [0.2, 0.25) is 0 Å². The Morgan fingerprint density at radius 2 is 1.24 bits per heavy atom. The van der Waals surface area contributed by atoms with Crippen molar-refractivity contribution in [3.05, 3.63) is 0 Å². The third-order valence-corrected chi connectivity index (χ3v) is 2.21. The SMILES string of the molecule is O=S(=O)([O-])C(F)(F)C(F)(F)C(F)C(F)(F)F.[Li+].